The van der Waals surface area contributed by atoms with Crippen molar-refractivity contribution in [3.8, 4) is 5.75 Å². The van der Waals surface area contributed by atoms with E-state index in [4.69, 9.17) is 4.74 Å². The van der Waals surface area contributed by atoms with Crippen LogP contribution in [0.3, 0.4) is 0 Å². The first kappa shape index (κ1) is 19.3. The normalized spacial score (nSPS) is 14.5. The SMILES string of the molecule is CCCCCCCC(=O)N1CCN(C(=O)c2ccc(OC)cc2)CC1. The van der Waals surface area contributed by atoms with Crippen LogP contribution < -0.4 is 4.74 Å². The third-order valence-corrected chi connectivity index (χ3v) is 4.75. The highest BCUT2D eigenvalue weighted by molar-refractivity contribution is 5.94. The zero-order chi connectivity index (χ0) is 18.1. The van der Waals surface area contributed by atoms with Gasteiger partial charge in [-0.1, -0.05) is 32.6 Å². The van der Waals surface area contributed by atoms with Crippen molar-refractivity contribution < 1.29 is 14.3 Å². The molecule has 5 heteroatoms. The van der Waals surface area contributed by atoms with Crippen LogP contribution in [0, 0.1) is 0 Å². The molecule has 0 atom stereocenters. The minimum absolute atomic E-state index is 0.0225. The van der Waals surface area contributed by atoms with Crippen molar-refractivity contribution in [3.05, 3.63) is 29.8 Å². The van der Waals surface area contributed by atoms with Gasteiger partial charge in [-0.2, -0.15) is 0 Å². The fraction of sp³-hybridized carbons (Fsp3) is 0.600. The predicted octanol–water partition coefficient (Wildman–Crippen LogP) is 3.34. The molecule has 1 aliphatic rings. The summed E-state index contributed by atoms with van der Waals surface area (Å²) in [5.74, 6) is 0.994. The Morgan fingerprint density at radius 2 is 1.52 bits per heavy atom. The first-order chi connectivity index (χ1) is 12.2. The smallest absolute Gasteiger partial charge is 0.253 e. The quantitative estimate of drug-likeness (QED) is 0.678. The summed E-state index contributed by atoms with van der Waals surface area (Å²) in [6, 6.07) is 7.17. The molecule has 0 radical (unpaired) electrons. The summed E-state index contributed by atoms with van der Waals surface area (Å²) in [7, 11) is 1.61. The van der Waals surface area contributed by atoms with Gasteiger partial charge in [-0.15, -0.1) is 0 Å². The van der Waals surface area contributed by atoms with E-state index in [0.29, 0.717) is 38.2 Å². The van der Waals surface area contributed by atoms with Gasteiger partial charge in [0.25, 0.3) is 5.91 Å². The van der Waals surface area contributed by atoms with Crippen LogP contribution in [0.5, 0.6) is 5.75 Å². The van der Waals surface area contributed by atoms with E-state index in [-0.39, 0.29) is 11.8 Å². The van der Waals surface area contributed by atoms with Gasteiger partial charge >= 0.3 is 0 Å². The standard InChI is InChI=1S/C20H30N2O3/c1-3-4-5-6-7-8-19(23)21-13-15-22(16-14-21)20(24)17-9-11-18(25-2)12-10-17/h9-12H,3-8,13-16H2,1-2H3. The number of amides is 2. The lowest BCUT2D eigenvalue weighted by Crippen LogP contribution is -2.50. The number of carbonyl (C=O) groups is 2. The summed E-state index contributed by atoms with van der Waals surface area (Å²) in [4.78, 5) is 28.5. The molecular formula is C20H30N2O3. The Hall–Kier alpha value is -2.04. The van der Waals surface area contributed by atoms with Crippen LogP contribution in [0.1, 0.15) is 55.8 Å². The Bertz CT molecular complexity index is 549. The molecule has 1 saturated heterocycles. The summed E-state index contributed by atoms with van der Waals surface area (Å²) >= 11 is 0. The predicted molar refractivity (Wildman–Crippen MR) is 98.9 cm³/mol. The number of methoxy groups -OCH3 is 1. The summed E-state index contributed by atoms with van der Waals surface area (Å²) in [5.41, 5.74) is 0.663. The van der Waals surface area contributed by atoms with Crippen LogP contribution >= 0.6 is 0 Å². The fourth-order valence-corrected chi connectivity index (χ4v) is 3.11. The second-order valence-electron chi connectivity index (χ2n) is 6.57. The van der Waals surface area contributed by atoms with Gasteiger partial charge in [0.1, 0.15) is 5.75 Å². The zero-order valence-corrected chi connectivity index (χ0v) is 15.5. The van der Waals surface area contributed by atoms with E-state index in [2.05, 4.69) is 6.92 Å². The lowest BCUT2D eigenvalue weighted by atomic mass is 10.1. The van der Waals surface area contributed by atoms with E-state index >= 15 is 0 Å². The Kier molecular flexibility index (Phi) is 7.76. The van der Waals surface area contributed by atoms with E-state index in [0.717, 1.165) is 18.6 Å². The average Bonchev–Trinajstić information content (AvgIpc) is 2.67. The van der Waals surface area contributed by atoms with Gasteiger partial charge < -0.3 is 14.5 Å². The molecule has 1 aromatic rings. The van der Waals surface area contributed by atoms with Gasteiger partial charge in [0.15, 0.2) is 0 Å². The van der Waals surface area contributed by atoms with Crippen LogP contribution in [0.15, 0.2) is 24.3 Å². The van der Waals surface area contributed by atoms with Crippen LogP contribution in [-0.2, 0) is 4.79 Å². The van der Waals surface area contributed by atoms with Crippen molar-refractivity contribution in [2.45, 2.75) is 45.4 Å². The molecule has 0 N–H and O–H groups in total. The molecule has 1 heterocycles. The summed E-state index contributed by atoms with van der Waals surface area (Å²) in [6.07, 6.45) is 6.43. The second kappa shape index (κ2) is 10.1. The lowest BCUT2D eigenvalue weighted by molar-refractivity contribution is -0.132. The summed E-state index contributed by atoms with van der Waals surface area (Å²) in [6.45, 7) is 4.67. The third kappa shape index (κ3) is 5.76. The Balaban J connectivity index is 1.74. The highest BCUT2D eigenvalue weighted by atomic mass is 16.5. The maximum Gasteiger partial charge on any atom is 0.253 e. The van der Waals surface area contributed by atoms with E-state index in [1.807, 2.05) is 9.80 Å². The van der Waals surface area contributed by atoms with Crippen molar-refractivity contribution in [1.82, 2.24) is 9.80 Å². The fourth-order valence-electron chi connectivity index (χ4n) is 3.11. The monoisotopic (exact) mass is 346 g/mol. The number of ether oxygens (including phenoxy) is 1. The molecule has 25 heavy (non-hydrogen) atoms. The molecule has 2 rings (SSSR count). The molecule has 0 bridgehead atoms. The molecule has 5 nitrogen and oxygen atoms in total. The van der Waals surface area contributed by atoms with E-state index in [1.54, 1.807) is 31.4 Å². The average molecular weight is 346 g/mol. The van der Waals surface area contributed by atoms with E-state index in [1.165, 1.54) is 19.3 Å². The number of nitrogens with zero attached hydrogens (tertiary/aromatic N) is 2. The second-order valence-corrected chi connectivity index (χ2v) is 6.57. The van der Waals surface area contributed by atoms with Crippen molar-refractivity contribution >= 4 is 11.8 Å². The van der Waals surface area contributed by atoms with Crippen LogP contribution in [0.4, 0.5) is 0 Å². The van der Waals surface area contributed by atoms with Gasteiger partial charge in [-0.25, -0.2) is 0 Å². The lowest BCUT2D eigenvalue weighted by Gasteiger charge is -2.35. The Labute approximate surface area is 150 Å². The van der Waals surface area contributed by atoms with Gasteiger partial charge in [0.2, 0.25) is 5.91 Å². The molecule has 2 amide bonds. The molecule has 138 valence electrons. The zero-order valence-electron chi connectivity index (χ0n) is 15.5. The molecule has 0 spiro atoms. The minimum atomic E-state index is 0.0225. The number of carbonyl (C=O) groups excluding carboxylic acids is 2. The molecule has 0 saturated carbocycles. The Morgan fingerprint density at radius 1 is 0.920 bits per heavy atom. The largest absolute Gasteiger partial charge is 0.497 e. The van der Waals surface area contributed by atoms with Crippen LogP contribution in [-0.4, -0.2) is 54.9 Å². The molecule has 1 fully saturated rings. The van der Waals surface area contributed by atoms with Crippen molar-refractivity contribution in [1.29, 1.82) is 0 Å². The van der Waals surface area contributed by atoms with Crippen molar-refractivity contribution in [3.63, 3.8) is 0 Å². The highest BCUT2D eigenvalue weighted by Gasteiger charge is 2.24. The van der Waals surface area contributed by atoms with Gasteiger partial charge in [0, 0.05) is 38.2 Å². The summed E-state index contributed by atoms with van der Waals surface area (Å²) < 4.78 is 5.12. The molecular weight excluding hydrogens is 316 g/mol. The minimum Gasteiger partial charge on any atom is -0.497 e. The van der Waals surface area contributed by atoms with Crippen LogP contribution in [0.2, 0.25) is 0 Å². The van der Waals surface area contributed by atoms with Gasteiger partial charge in [-0.3, -0.25) is 9.59 Å². The number of benzene rings is 1. The molecule has 0 aromatic heterocycles. The Morgan fingerprint density at radius 3 is 2.12 bits per heavy atom. The van der Waals surface area contributed by atoms with Gasteiger partial charge in [0.05, 0.1) is 7.11 Å². The number of hydrogen-bond donors (Lipinski definition) is 0. The number of unbranched alkanes of at least 4 members (excludes halogenated alkanes) is 4. The van der Waals surface area contributed by atoms with Crippen LogP contribution in [0.25, 0.3) is 0 Å². The van der Waals surface area contributed by atoms with Crippen molar-refractivity contribution in [2.24, 2.45) is 0 Å². The first-order valence-electron chi connectivity index (χ1n) is 9.36. The number of piperazine rings is 1. The molecule has 1 aliphatic heterocycles. The number of hydrogen-bond acceptors (Lipinski definition) is 3. The third-order valence-electron chi connectivity index (χ3n) is 4.75. The molecule has 1 aromatic carbocycles. The molecule has 0 aliphatic carbocycles. The van der Waals surface area contributed by atoms with Crippen molar-refractivity contribution in [2.75, 3.05) is 33.3 Å². The van der Waals surface area contributed by atoms with Gasteiger partial charge in [-0.05, 0) is 30.7 Å². The topological polar surface area (TPSA) is 49.9 Å². The summed E-state index contributed by atoms with van der Waals surface area (Å²) in [5, 5.41) is 0. The number of rotatable bonds is 8. The van der Waals surface area contributed by atoms with E-state index < -0.39 is 0 Å². The van der Waals surface area contributed by atoms with E-state index in [9.17, 15) is 9.59 Å². The molecule has 0 unspecified atom stereocenters. The highest BCUT2D eigenvalue weighted by Crippen LogP contribution is 2.15. The maximum absolute atomic E-state index is 12.5. The first-order valence-corrected chi connectivity index (χ1v) is 9.36. The maximum atomic E-state index is 12.5.